The summed E-state index contributed by atoms with van der Waals surface area (Å²) >= 11 is 5.85. The minimum absolute atomic E-state index is 0.0586. The number of nitrogens with one attached hydrogen (secondary N) is 1. The zero-order valence-electron chi connectivity index (χ0n) is 16.8. The molecule has 1 N–H and O–H groups in total. The molecule has 0 radical (unpaired) electrons. The lowest BCUT2D eigenvalue weighted by Crippen LogP contribution is -2.30. The molecule has 0 aliphatic carbocycles. The molecule has 1 aromatic heterocycles. The van der Waals surface area contributed by atoms with Gasteiger partial charge < -0.3 is 10.1 Å². The van der Waals surface area contributed by atoms with E-state index in [4.69, 9.17) is 16.3 Å². The number of benzene rings is 1. The summed E-state index contributed by atoms with van der Waals surface area (Å²) in [4.78, 5) is 27.8. The Balaban J connectivity index is 1.82. The molecule has 0 saturated carbocycles. The lowest BCUT2D eigenvalue weighted by atomic mass is 10.1. The Morgan fingerprint density at radius 1 is 1.13 bits per heavy atom. The summed E-state index contributed by atoms with van der Waals surface area (Å²) in [6.45, 7) is 3.92. The van der Waals surface area contributed by atoms with Crippen LogP contribution in [0.5, 0.6) is 0 Å². The molecule has 0 saturated heterocycles. The van der Waals surface area contributed by atoms with E-state index in [2.05, 4.69) is 10.3 Å². The Bertz CT molecular complexity index is 976. The van der Waals surface area contributed by atoms with Gasteiger partial charge in [-0.15, -0.1) is 0 Å². The van der Waals surface area contributed by atoms with Crippen LogP contribution in [0.1, 0.15) is 25.8 Å². The summed E-state index contributed by atoms with van der Waals surface area (Å²) in [5.74, 6) is -1.06. The molecule has 0 fully saturated rings. The average Bonchev–Trinajstić information content (AvgIpc) is 2.73. The highest BCUT2D eigenvalue weighted by Crippen LogP contribution is 2.18. The summed E-state index contributed by atoms with van der Waals surface area (Å²) in [6, 6.07) is 9.59. The molecular formula is C20H24ClN3O5S. The molecule has 2 rings (SSSR count). The second kappa shape index (κ2) is 11.1. The smallest absolute Gasteiger partial charge is 0.306 e. The van der Waals surface area contributed by atoms with Gasteiger partial charge in [0.1, 0.15) is 0 Å². The summed E-state index contributed by atoms with van der Waals surface area (Å²) in [6.07, 6.45) is 1.91. The molecule has 1 amide bonds. The monoisotopic (exact) mass is 453 g/mol. The number of carbonyl (C=O) groups is 2. The van der Waals surface area contributed by atoms with E-state index in [1.54, 1.807) is 38.1 Å². The molecular weight excluding hydrogens is 430 g/mol. The van der Waals surface area contributed by atoms with Gasteiger partial charge in [0, 0.05) is 25.7 Å². The highest BCUT2D eigenvalue weighted by atomic mass is 35.5. The molecule has 0 spiro atoms. The van der Waals surface area contributed by atoms with E-state index in [9.17, 15) is 18.0 Å². The highest BCUT2D eigenvalue weighted by Gasteiger charge is 2.21. The van der Waals surface area contributed by atoms with E-state index >= 15 is 0 Å². The number of hydrogen-bond acceptors (Lipinski definition) is 6. The number of halogens is 1. The highest BCUT2D eigenvalue weighted by molar-refractivity contribution is 7.89. The van der Waals surface area contributed by atoms with E-state index in [0.29, 0.717) is 25.2 Å². The van der Waals surface area contributed by atoms with E-state index < -0.39 is 28.5 Å². The first-order valence-electron chi connectivity index (χ1n) is 9.43. The Morgan fingerprint density at radius 3 is 2.40 bits per heavy atom. The molecule has 0 aliphatic rings. The van der Waals surface area contributed by atoms with Crippen molar-refractivity contribution in [3.05, 3.63) is 53.3 Å². The average molecular weight is 454 g/mol. The van der Waals surface area contributed by atoms with Crippen LogP contribution in [0.4, 0.5) is 5.69 Å². The Labute approximate surface area is 181 Å². The maximum Gasteiger partial charge on any atom is 0.306 e. The van der Waals surface area contributed by atoms with Gasteiger partial charge >= 0.3 is 5.97 Å². The third kappa shape index (κ3) is 6.51. The maximum atomic E-state index is 12.5. The number of carbonyl (C=O) groups excluding carboxylic acids is 2. The van der Waals surface area contributed by atoms with Crippen molar-refractivity contribution in [2.24, 2.45) is 0 Å². The van der Waals surface area contributed by atoms with Crippen molar-refractivity contribution >= 4 is 39.2 Å². The van der Waals surface area contributed by atoms with Gasteiger partial charge in [-0.05, 0) is 36.2 Å². The molecule has 1 heterocycles. The quantitative estimate of drug-likeness (QED) is 0.438. The van der Waals surface area contributed by atoms with Crippen LogP contribution in [0.15, 0.2) is 47.5 Å². The second-order valence-electron chi connectivity index (χ2n) is 6.28. The van der Waals surface area contributed by atoms with Crippen LogP contribution >= 0.6 is 11.6 Å². The van der Waals surface area contributed by atoms with Crippen LogP contribution in [-0.4, -0.2) is 49.3 Å². The zero-order valence-corrected chi connectivity index (χ0v) is 18.4. The van der Waals surface area contributed by atoms with Crippen molar-refractivity contribution in [1.82, 2.24) is 9.29 Å². The first kappa shape index (κ1) is 23.8. The van der Waals surface area contributed by atoms with Gasteiger partial charge in [0.25, 0.3) is 5.91 Å². The lowest BCUT2D eigenvalue weighted by Gasteiger charge is -2.18. The Morgan fingerprint density at radius 2 is 1.80 bits per heavy atom. The van der Waals surface area contributed by atoms with Crippen LogP contribution in [0.25, 0.3) is 0 Å². The SMILES string of the molecule is CCN(CC)S(=O)(=O)c1ccc(CCC(=O)OCC(=O)Nc2cccnc2Cl)cc1. The van der Waals surface area contributed by atoms with Crippen molar-refractivity contribution in [2.75, 3.05) is 25.0 Å². The molecule has 0 aliphatic heterocycles. The molecule has 1 aromatic carbocycles. The number of aryl methyl sites for hydroxylation is 1. The van der Waals surface area contributed by atoms with Crippen molar-refractivity contribution < 1.29 is 22.7 Å². The number of pyridine rings is 1. The summed E-state index contributed by atoms with van der Waals surface area (Å²) in [5, 5.41) is 2.65. The zero-order chi connectivity index (χ0) is 22.1. The van der Waals surface area contributed by atoms with Crippen LogP contribution in [0.3, 0.4) is 0 Å². The fourth-order valence-electron chi connectivity index (χ4n) is 2.67. The number of ether oxygens (including phenoxy) is 1. The Hall–Kier alpha value is -2.49. The number of sulfonamides is 1. The topological polar surface area (TPSA) is 106 Å². The number of hydrogen-bond donors (Lipinski definition) is 1. The van der Waals surface area contributed by atoms with Gasteiger partial charge in [0.2, 0.25) is 10.0 Å². The van der Waals surface area contributed by atoms with Gasteiger partial charge in [-0.3, -0.25) is 9.59 Å². The third-order valence-corrected chi connectivity index (χ3v) is 6.65. The predicted molar refractivity (Wildman–Crippen MR) is 114 cm³/mol. The summed E-state index contributed by atoms with van der Waals surface area (Å²) in [5.41, 5.74) is 1.12. The van der Waals surface area contributed by atoms with E-state index in [1.165, 1.54) is 22.6 Å². The third-order valence-electron chi connectivity index (χ3n) is 4.28. The van der Waals surface area contributed by atoms with Gasteiger partial charge in [0.05, 0.1) is 10.6 Å². The molecule has 30 heavy (non-hydrogen) atoms. The van der Waals surface area contributed by atoms with Gasteiger partial charge in [-0.25, -0.2) is 13.4 Å². The van der Waals surface area contributed by atoms with E-state index in [1.807, 2.05) is 0 Å². The largest absolute Gasteiger partial charge is 0.456 e. The van der Waals surface area contributed by atoms with Gasteiger partial charge in [-0.2, -0.15) is 4.31 Å². The summed E-state index contributed by atoms with van der Waals surface area (Å²) in [7, 11) is -3.51. The normalized spacial score (nSPS) is 11.3. The molecule has 0 bridgehead atoms. The minimum Gasteiger partial charge on any atom is -0.456 e. The van der Waals surface area contributed by atoms with Crippen molar-refractivity contribution in [3.63, 3.8) is 0 Å². The standard InChI is InChI=1S/C20H24ClN3O5S/c1-3-24(4-2)30(27,28)16-10-7-15(8-11-16)9-12-19(26)29-14-18(25)23-17-6-5-13-22-20(17)21/h5-8,10-11,13H,3-4,9,12,14H2,1-2H3,(H,23,25). The molecule has 0 unspecified atom stereocenters. The van der Waals surface area contributed by atoms with Crippen LogP contribution < -0.4 is 5.32 Å². The number of rotatable bonds is 10. The second-order valence-corrected chi connectivity index (χ2v) is 8.58. The molecule has 0 atom stereocenters. The van der Waals surface area contributed by atoms with Gasteiger partial charge in [0.15, 0.2) is 11.8 Å². The molecule has 162 valence electrons. The maximum absolute atomic E-state index is 12.5. The number of anilines is 1. The number of amides is 1. The molecule has 10 heteroatoms. The predicted octanol–water partition coefficient (Wildman–Crippen LogP) is 2.88. The lowest BCUT2D eigenvalue weighted by molar-refractivity contribution is -0.147. The van der Waals surface area contributed by atoms with Crippen molar-refractivity contribution in [2.45, 2.75) is 31.6 Å². The van der Waals surface area contributed by atoms with Crippen LogP contribution in [0.2, 0.25) is 5.15 Å². The molecule has 2 aromatic rings. The minimum atomic E-state index is -3.51. The van der Waals surface area contributed by atoms with Gasteiger partial charge in [-0.1, -0.05) is 37.6 Å². The van der Waals surface area contributed by atoms with Crippen LogP contribution in [-0.2, 0) is 30.8 Å². The Kier molecular flexibility index (Phi) is 8.76. The van der Waals surface area contributed by atoms with E-state index in [-0.39, 0.29) is 16.5 Å². The van der Waals surface area contributed by atoms with Crippen LogP contribution in [0, 0.1) is 0 Å². The first-order valence-corrected chi connectivity index (χ1v) is 11.2. The number of esters is 1. The first-order chi connectivity index (χ1) is 14.3. The summed E-state index contributed by atoms with van der Waals surface area (Å²) < 4.78 is 31.3. The fourth-order valence-corrected chi connectivity index (χ4v) is 4.30. The van der Waals surface area contributed by atoms with Crippen molar-refractivity contribution in [3.8, 4) is 0 Å². The fraction of sp³-hybridized carbons (Fsp3) is 0.350. The number of aromatic nitrogens is 1. The number of nitrogens with zero attached hydrogens (tertiary/aromatic N) is 2. The van der Waals surface area contributed by atoms with E-state index in [0.717, 1.165) is 5.56 Å². The van der Waals surface area contributed by atoms with Crippen molar-refractivity contribution in [1.29, 1.82) is 0 Å². The molecule has 8 nitrogen and oxygen atoms in total.